The molecule has 0 bridgehead atoms. The molecule has 0 spiro atoms. The summed E-state index contributed by atoms with van der Waals surface area (Å²) < 4.78 is 7.29. The summed E-state index contributed by atoms with van der Waals surface area (Å²) in [5, 5.41) is 17.9. The van der Waals surface area contributed by atoms with E-state index < -0.39 is 0 Å². The molecule has 0 aliphatic carbocycles. The summed E-state index contributed by atoms with van der Waals surface area (Å²) in [4.78, 5) is 4.07. The second-order valence-corrected chi connectivity index (χ2v) is 3.83. The first-order chi connectivity index (χ1) is 7.76. The molecule has 2 heterocycles. The van der Waals surface area contributed by atoms with Crippen LogP contribution in [0.25, 0.3) is 0 Å². The van der Waals surface area contributed by atoms with Crippen LogP contribution in [0.1, 0.15) is 30.1 Å². The molecule has 1 saturated heterocycles. The van der Waals surface area contributed by atoms with E-state index >= 15 is 0 Å². The lowest BCUT2D eigenvalue weighted by atomic mass is 10.2. The highest BCUT2D eigenvalue weighted by molar-refractivity contribution is 5.37. The first kappa shape index (κ1) is 10.7. The second kappa shape index (κ2) is 4.34. The maximum Gasteiger partial charge on any atom is 0.177 e. The number of rotatable bonds is 2. The Hall–Kier alpha value is -1.85. The third-order valence-electron chi connectivity index (χ3n) is 2.78. The fourth-order valence-electron chi connectivity index (χ4n) is 1.97. The summed E-state index contributed by atoms with van der Waals surface area (Å²) in [5.74, 6) is 0.698. The van der Waals surface area contributed by atoms with Crippen molar-refractivity contribution in [2.24, 2.45) is 0 Å². The molecule has 1 aliphatic rings. The van der Waals surface area contributed by atoms with E-state index in [1.165, 1.54) is 0 Å². The highest BCUT2D eigenvalue weighted by Crippen LogP contribution is 2.17. The summed E-state index contributed by atoms with van der Waals surface area (Å²) >= 11 is 0. The van der Waals surface area contributed by atoms with Crippen LogP contribution in [0.2, 0.25) is 0 Å². The van der Waals surface area contributed by atoms with E-state index in [0.717, 1.165) is 19.4 Å². The third kappa shape index (κ3) is 1.78. The molecular weight excluding hydrogens is 204 g/mol. The average Bonchev–Trinajstić information content (AvgIpc) is 2.88. The fourth-order valence-corrected chi connectivity index (χ4v) is 1.97. The van der Waals surface area contributed by atoms with Gasteiger partial charge >= 0.3 is 0 Å². The minimum absolute atomic E-state index is 0.145. The topological polar surface area (TPSA) is 74.6 Å². The van der Waals surface area contributed by atoms with Gasteiger partial charge in [-0.15, -0.1) is 0 Å². The highest BCUT2D eigenvalue weighted by atomic mass is 16.5. The Balaban J connectivity index is 2.29. The van der Waals surface area contributed by atoms with Crippen molar-refractivity contribution in [1.29, 1.82) is 10.5 Å². The van der Waals surface area contributed by atoms with E-state index in [4.69, 9.17) is 15.3 Å². The Kier molecular flexibility index (Phi) is 2.89. The van der Waals surface area contributed by atoms with Crippen molar-refractivity contribution in [2.75, 3.05) is 6.61 Å². The van der Waals surface area contributed by atoms with E-state index in [1.54, 1.807) is 11.5 Å². The summed E-state index contributed by atoms with van der Waals surface area (Å²) in [6.07, 6.45) is 2.21. The van der Waals surface area contributed by atoms with Crippen LogP contribution in [0.15, 0.2) is 0 Å². The van der Waals surface area contributed by atoms with Gasteiger partial charge in [-0.25, -0.2) is 4.98 Å². The fraction of sp³-hybridized carbons (Fsp3) is 0.545. The van der Waals surface area contributed by atoms with Crippen molar-refractivity contribution in [3.8, 4) is 12.1 Å². The van der Waals surface area contributed by atoms with Crippen LogP contribution in [0.3, 0.4) is 0 Å². The monoisotopic (exact) mass is 216 g/mol. The number of nitrogens with zero attached hydrogens (tertiary/aromatic N) is 4. The molecule has 0 radical (unpaired) electrons. The number of imidazole rings is 1. The van der Waals surface area contributed by atoms with Crippen molar-refractivity contribution in [3.05, 3.63) is 17.2 Å². The van der Waals surface area contributed by atoms with Crippen LogP contribution >= 0.6 is 0 Å². The molecule has 16 heavy (non-hydrogen) atoms. The lowest BCUT2D eigenvalue weighted by Gasteiger charge is -2.12. The van der Waals surface area contributed by atoms with Crippen LogP contribution in [0.4, 0.5) is 0 Å². The van der Waals surface area contributed by atoms with Gasteiger partial charge in [0.05, 0.1) is 12.6 Å². The van der Waals surface area contributed by atoms with Gasteiger partial charge in [0.2, 0.25) is 0 Å². The van der Waals surface area contributed by atoms with E-state index in [2.05, 4.69) is 4.98 Å². The molecule has 1 atom stereocenters. The first-order valence-corrected chi connectivity index (χ1v) is 5.25. The van der Waals surface area contributed by atoms with Crippen LogP contribution < -0.4 is 0 Å². The van der Waals surface area contributed by atoms with Gasteiger partial charge in [-0.05, 0) is 19.8 Å². The van der Waals surface area contributed by atoms with Gasteiger partial charge in [0.1, 0.15) is 18.0 Å². The Labute approximate surface area is 93.9 Å². The van der Waals surface area contributed by atoms with Gasteiger partial charge in [0, 0.05) is 6.61 Å². The Bertz CT molecular complexity index is 471. The minimum atomic E-state index is 0.145. The van der Waals surface area contributed by atoms with Gasteiger partial charge in [0.25, 0.3) is 0 Å². The number of aromatic nitrogens is 2. The zero-order valence-electron chi connectivity index (χ0n) is 9.10. The largest absolute Gasteiger partial charge is 0.376 e. The lowest BCUT2D eigenvalue weighted by Crippen LogP contribution is -2.17. The van der Waals surface area contributed by atoms with Crippen molar-refractivity contribution in [2.45, 2.75) is 32.4 Å². The van der Waals surface area contributed by atoms with E-state index in [-0.39, 0.29) is 11.8 Å². The summed E-state index contributed by atoms with van der Waals surface area (Å²) in [5.41, 5.74) is 0.550. The molecule has 5 nitrogen and oxygen atoms in total. The maximum atomic E-state index is 9.01. The number of hydrogen-bond acceptors (Lipinski definition) is 4. The zero-order chi connectivity index (χ0) is 11.5. The standard InChI is InChI=1S/C11H12N4O/c1-8-14-10(5-12)11(6-13)15(8)7-9-3-2-4-16-9/h9H,2-4,7H2,1H3/t9-/m1/s1. The minimum Gasteiger partial charge on any atom is -0.376 e. The molecule has 0 N–H and O–H groups in total. The van der Waals surface area contributed by atoms with E-state index in [0.29, 0.717) is 18.1 Å². The molecule has 1 aromatic heterocycles. The van der Waals surface area contributed by atoms with Crippen molar-refractivity contribution in [1.82, 2.24) is 9.55 Å². The molecule has 82 valence electrons. The normalized spacial score (nSPS) is 19.3. The van der Waals surface area contributed by atoms with E-state index in [1.807, 2.05) is 12.1 Å². The predicted octanol–water partition coefficient (Wildman–Crippen LogP) is 1.11. The number of ether oxygens (including phenoxy) is 1. The molecule has 1 fully saturated rings. The number of aryl methyl sites for hydroxylation is 1. The number of hydrogen-bond donors (Lipinski definition) is 0. The third-order valence-corrected chi connectivity index (χ3v) is 2.78. The predicted molar refractivity (Wildman–Crippen MR) is 55.4 cm³/mol. The molecule has 0 aromatic carbocycles. The van der Waals surface area contributed by atoms with Crippen molar-refractivity contribution < 1.29 is 4.74 Å². The highest BCUT2D eigenvalue weighted by Gasteiger charge is 2.21. The number of nitriles is 2. The summed E-state index contributed by atoms with van der Waals surface area (Å²) in [6, 6.07) is 3.97. The van der Waals surface area contributed by atoms with Crippen molar-refractivity contribution in [3.63, 3.8) is 0 Å². The van der Waals surface area contributed by atoms with Gasteiger partial charge in [-0.1, -0.05) is 0 Å². The van der Waals surface area contributed by atoms with Gasteiger partial charge in [-0.2, -0.15) is 10.5 Å². The molecule has 0 amide bonds. The molecule has 2 rings (SSSR count). The Morgan fingerprint density at radius 2 is 2.31 bits per heavy atom. The second-order valence-electron chi connectivity index (χ2n) is 3.83. The molecule has 5 heteroatoms. The Morgan fingerprint density at radius 3 is 2.88 bits per heavy atom. The average molecular weight is 216 g/mol. The van der Waals surface area contributed by atoms with Crippen LogP contribution in [0, 0.1) is 29.6 Å². The first-order valence-electron chi connectivity index (χ1n) is 5.25. The van der Waals surface area contributed by atoms with Crippen molar-refractivity contribution >= 4 is 0 Å². The lowest BCUT2D eigenvalue weighted by molar-refractivity contribution is 0.0963. The quantitative estimate of drug-likeness (QED) is 0.742. The summed E-state index contributed by atoms with van der Waals surface area (Å²) in [6.45, 7) is 3.20. The maximum absolute atomic E-state index is 9.01. The zero-order valence-corrected chi connectivity index (χ0v) is 9.10. The molecule has 0 saturated carbocycles. The van der Waals surface area contributed by atoms with E-state index in [9.17, 15) is 0 Å². The van der Waals surface area contributed by atoms with Gasteiger partial charge in [-0.3, -0.25) is 0 Å². The van der Waals surface area contributed by atoms with Crippen LogP contribution in [-0.4, -0.2) is 22.3 Å². The smallest absolute Gasteiger partial charge is 0.177 e. The van der Waals surface area contributed by atoms with Gasteiger partial charge in [0.15, 0.2) is 11.4 Å². The SMILES string of the molecule is Cc1nc(C#N)c(C#N)n1C[C@H]1CCCO1. The summed E-state index contributed by atoms with van der Waals surface area (Å²) in [7, 11) is 0. The molecule has 0 unspecified atom stereocenters. The molecular formula is C11H12N4O. The van der Waals surface area contributed by atoms with Crippen LogP contribution in [0.5, 0.6) is 0 Å². The van der Waals surface area contributed by atoms with Crippen LogP contribution in [-0.2, 0) is 11.3 Å². The Morgan fingerprint density at radius 1 is 1.50 bits per heavy atom. The molecule has 1 aliphatic heterocycles. The van der Waals surface area contributed by atoms with Gasteiger partial charge < -0.3 is 9.30 Å². The molecule has 1 aromatic rings.